The van der Waals surface area contributed by atoms with Crippen molar-refractivity contribution < 1.29 is 19.6 Å². The SMILES string of the molecule is O=C(CCNC(=O)Cc1ccccc1)NCc1cc([N+](=O)[O-])ccc1O. The first-order valence-electron chi connectivity index (χ1n) is 7.99. The van der Waals surface area contributed by atoms with E-state index >= 15 is 0 Å². The summed E-state index contributed by atoms with van der Waals surface area (Å²) in [4.78, 5) is 33.7. The summed E-state index contributed by atoms with van der Waals surface area (Å²) in [5.74, 6) is -0.650. The first-order valence-corrected chi connectivity index (χ1v) is 7.99. The molecule has 0 saturated heterocycles. The fraction of sp³-hybridized carbons (Fsp3) is 0.222. The van der Waals surface area contributed by atoms with Crippen LogP contribution in [0, 0.1) is 10.1 Å². The summed E-state index contributed by atoms with van der Waals surface area (Å²) in [5, 5.41) is 25.6. The Morgan fingerprint density at radius 2 is 1.77 bits per heavy atom. The summed E-state index contributed by atoms with van der Waals surface area (Å²) in [7, 11) is 0. The van der Waals surface area contributed by atoms with Crippen LogP contribution in [-0.2, 0) is 22.6 Å². The molecule has 0 radical (unpaired) electrons. The van der Waals surface area contributed by atoms with Gasteiger partial charge in [-0.1, -0.05) is 30.3 Å². The van der Waals surface area contributed by atoms with Gasteiger partial charge in [-0.05, 0) is 11.6 Å². The lowest BCUT2D eigenvalue weighted by Crippen LogP contribution is -2.31. The van der Waals surface area contributed by atoms with Crippen LogP contribution in [0.1, 0.15) is 17.5 Å². The molecule has 0 aliphatic rings. The van der Waals surface area contributed by atoms with Gasteiger partial charge in [0, 0.05) is 37.2 Å². The molecule has 0 atom stereocenters. The van der Waals surface area contributed by atoms with Gasteiger partial charge in [0.25, 0.3) is 5.69 Å². The molecule has 0 unspecified atom stereocenters. The predicted octanol–water partition coefficient (Wildman–Crippen LogP) is 1.67. The molecule has 26 heavy (non-hydrogen) atoms. The highest BCUT2D eigenvalue weighted by Crippen LogP contribution is 2.22. The minimum Gasteiger partial charge on any atom is -0.508 e. The van der Waals surface area contributed by atoms with E-state index in [1.165, 1.54) is 18.2 Å². The molecule has 8 nitrogen and oxygen atoms in total. The van der Waals surface area contributed by atoms with Gasteiger partial charge in [-0.2, -0.15) is 0 Å². The lowest BCUT2D eigenvalue weighted by Gasteiger charge is -2.08. The molecule has 0 heterocycles. The van der Waals surface area contributed by atoms with Crippen LogP contribution in [0.5, 0.6) is 5.75 Å². The number of hydrogen-bond acceptors (Lipinski definition) is 5. The number of nitro groups is 1. The number of rotatable bonds is 8. The Labute approximate surface area is 150 Å². The predicted molar refractivity (Wildman–Crippen MR) is 94.4 cm³/mol. The highest BCUT2D eigenvalue weighted by atomic mass is 16.6. The molecule has 2 aromatic carbocycles. The van der Waals surface area contributed by atoms with Crippen LogP contribution in [0.15, 0.2) is 48.5 Å². The van der Waals surface area contributed by atoms with Gasteiger partial charge in [0.1, 0.15) is 5.75 Å². The van der Waals surface area contributed by atoms with Crippen LogP contribution in [0.25, 0.3) is 0 Å². The average molecular weight is 357 g/mol. The Morgan fingerprint density at radius 1 is 1.04 bits per heavy atom. The molecule has 0 aromatic heterocycles. The third-order valence-corrected chi connectivity index (χ3v) is 3.63. The molecule has 0 fully saturated rings. The van der Waals surface area contributed by atoms with Crippen LogP contribution >= 0.6 is 0 Å². The summed E-state index contributed by atoms with van der Waals surface area (Å²) in [6.45, 7) is 0.142. The molecule has 2 rings (SSSR count). The number of aromatic hydroxyl groups is 1. The van der Waals surface area contributed by atoms with Gasteiger partial charge in [-0.3, -0.25) is 19.7 Å². The second-order valence-corrected chi connectivity index (χ2v) is 5.61. The van der Waals surface area contributed by atoms with E-state index < -0.39 is 4.92 Å². The minimum atomic E-state index is -0.576. The topological polar surface area (TPSA) is 122 Å². The Kier molecular flexibility index (Phi) is 6.67. The van der Waals surface area contributed by atoms with Gasteiger partial charge in [-0.25, -0.2) is 0 Å². The van der Waals surface area contributed by atoms with Crippen molar-refractivity contribution in [1.29, 1.82) is 0 Å². The van der Waals surface area contributed by atoms with Crippen molar-refractivity contribution >= 4 is 17.5 Å². The molecule has 0 aliphatic carbocycles. The van der Waals surface area contributed by atoms with E-state index in [0.717, 1.165) is 5.56 Å². The van der Waals surface area contributed by atoms with E-state index in [-0.39, 0.29) is 54.7 Å². The van der Waals surface area contributed by atoms with Crippen LogP contribution in [0.3, 0.4) is 0 Å². The van der Waals surface area contributed by atoms with E-state index in [0.29, 0.717) is 0 Å². The molecular formula is C18H19N3O5. The fourth-order valence-electron chi connectivity index (χ4n) is 2.27. The number of phenols is 1. The van der Waals surface area contributed by atoms with Crippen molar-refractivity contribution in [2.24, 2.45) is 0 Å². The van der Waals surface area contributed by atoms with E-state index in [9.17, 15) is 24.8 Å². The van der Waals surface area contributed by atoms with Gasteiger partial charge >= 0.3 is 0 Å². The van der Waals surface area contributed by atoms with Crippen molar-refractivity contribution in [2.75, 3.05) is 6.54 Å². The summed E-state index contributed by atoms with van der Waals surface area (Å²) in [6.07, 6.45) is 0.306. The summed E-state index contributed by atoms with van der Waals surface area (Å²) >= 11 is 0. The van der Waals surface area contributed by atoms with E-state index in [1.54, 1.807) is 0 Å². The molecule has 2 aromatic rings. The zero-order valence-corrected chi connectivity index (χ0v) is 14.0. The van der Waals surface area contributed by atoms with Crippen LogP contribution in [-0.4, -0.2) is 28.4 Å². The molecule has 136 valence electrons. The van der Waals surface area contributed by atoms with Gasteiger partial charge in [0.15, 0.2) is 0 Å². The molecule has 0 spiro atoms. The van der Waals surface area contributed by atoms with E-state index in [2.05, 4.69) is 10.6 Å². The van der Waals surface area contributed by atoms with Crippen LogP contribution in [0.4, 0.5) is 5.69 Å². The molecule has 8 heteroatoms. The van der Waals surface area contributed by atoms with Crippen molar-refractivity contribution in [1.82, 2.24) is 10.6 Å². The Balaban J connectivity index is 1.73. The van der Waals surface area contributed by atoms with E-state index in [4.69, 9.17) is 0 Å². The molecule has 0 bridgehead atoms. The first kappa shape index (κ1) is 18.9. The van der Waals surface area contributed by atoms with Crippen molar-refractivity contribution in [3.05, 3.63) is 69.8 Å². The Hall–Kier alpha value is -3.42. The van der Waals surface area contributed by atoms with Crippen molar-refractivity contribution in [3.8, 4) is 5.75 Å². The first-order chi connectivity index (χ1) is 12.5. The highest BCUT2D eigenvalue weighted by molar-refractivity contribution is 5.80. The number of phenolic OH excluding ortho intramolecular Hbond substituents is 1. The van der Waals surface area contributed by atoms with Crippen molar-refractivity contribution in [2.45, 2.75) is 19.4 Å². The van der Waals surface area contributed by atoms with Gasteiger partial charge in [-0.15, -0.1) is 0 Å². The number of amides is 2. The molecule has 2 amide bonds. The van der Waals surface area contributed by atoms with Gasteiger partial charge < -0.3 is 15.7 Å². The van der Waals surface area contributed by atoms with Crippen LogP contribution < -0.4 is 10.6 Å². The largest absolute Gasteiger partial charge is 0.508 e. The normalized spacial score (nSPS) is 10.2. The number of non-ortho nitro benzene ring substituents is 1. The Bertz CT molecular complexity index is 793. The average Bonchev–Trinajstić information content (AvgIpc) is 2.61. The maximum atomic E-state index is 11.8. The molecule has 0 saturated carbocycles. The van der Waals surface area contributed by atoms with Gasteiger partial charge in [0.2, 0.25) is 11.8 Å². The molecule has 3 N–H and O–H groups in total. The Morgan fingerprint density at radius 3 is 2.46 bits per heavy atom. The number of benzene rings is 2. The highest BCUT2D eigenvalue weighted by Gasteiger charge is 2.11. The third-order valence-electron chi connectivity index (χ3n) is 3.63. The standard InChI is InChI=1S/C18H19N3O5/c22-16-7-6-15(21(25)26)11-14(16)12-20-17(23)8-9-19-18(24)10-13-4-2-1-3-5-13/h1-7,11,22H,8-10,12H2,(H,19,24)(H,20,23). The number of nitrogens with zero attached hydrogens (tertiary/aromatic N) is 1. The zero-order valence-electron chi connectivity index (χ0n) is 14.0. The smallest absolute Gasteiger partial charge is 0.270 e. The lowest BCUT2D eigenvalue weighted by molar-refractivity contribution is -0.384. The summed E-state index contributed by atoms with van der Waals surface area (Å²) in [5.41, 5.74) is 0.969. The quantitative estimate of drug-likeness (QED) is 0.490. The second kappa shape index (κ2) is 9.16. The second-order valence-electron chi connectivity index (χ2n) is 5.61. The minimum absolute atomic E-state index is 0.0374. The number of carbonyl (C=O) groups is 2. The number of carbonyl (C=O) groups excluding carboxylic acids is 2. The molecular weight excluding hydrogens is 338 g/mol. The monoisotopic (exact) mass is 357 g/mol. The maximum Gasteiger partial charge on any atom is 0.270 e. The number of nitro benzene ring substituents is 1. The number of hydrogen-bond donors (Lipinski definition) is 3. The number of nitrogens with one attached hydrogen (secondary N) is 2. The summed E-state index contributed by atoms with van der Waals surface area (Å²) in [6, 6.07) is 12.9. The van der Waals surface area contributed by atoms with Crippen molar-refractivity contribution in [3.63, 3.8) is 0 Å². The third kappa shape index (κ3) is 5.90. The van der Waals surface area contributed by atoms with Gasteiger partial charge in [0.05, 0.1) is 11.3 Å². The lowest BCUT2D eigenvalue weighted by atomic mass is 10.1. The van der Waals surface area contributed by atoms with E-state index in [1.807, 2.05) is 30.3 Å². The maximum absolute atomic E-state index is 11.8. The fourth-order valence-corrected chi connectivity index (χ4v) is 2.27. The van der Waals surface area contributed by atoms with Crippen LogP contribution in [0.2, 0.25) is 0 Å². The summed E-state index contributed by atoms with van der Waals surface area (Å²) < 4.78 is 0. The zero-order chi connectivity index (χ0) is 18.9. The molecule has 0 aliphatic heterocycles.